The number of hydrogen-bond donors (Lipinski definition) is 1. The Labute approximate surface area is 126 Å². The molecule has 0 aromatic carbocycles. The molecule has 1 aromatic rings. The van der Waals surface area contributed by atoms with Crippen LogP contribution >= 0.6 is 15.9 Å². The molecule has 3 nitrogen and oxygen atoms in total. The van der Waals surface area contributed by atoms with E-state index in [4.69, 9.17) is 0 Å². The zero-order chi connectivity index (χ0) is 14.6. The highest BCUT2D eigenvalue weighted by molar-refractivity contribution is 9.10. The summed E-state index contributed by atoms with van der Waals surface area (Å²) in [5.74, 6) is 0.602. The lowest BCUT2D eigenvalue weighted by Gasteiger charge is -2.31. The van der Waals surface area contributed by atoms with Crippen molar-refractivity contribution in [3.8, 4) is 0 Å². The van der Waals surface area contributed by atoms with Gasteiger partial charge in [0.25, 0.3) is 0 Å². The van der Waals surface area contributed by atoms with E-state index in [-0.39, 0.29) is 0 Å². The fourth-order valence-electron chi connectivity index (χ4n) is 2.27. The molecule has 4 heteroatoms. The number of aromatic nitrogens is 2. The van der Waals surface area contributed by atoms with Gasteiger partial charge >= 0.3 is 0 Å². The Morgan fingerprint density at radius 3 is 2.42 bits per heavy atom. The third kappa shape index (κ3) is 4.60. The van der Waals surface area contributed by atoms with Gasteiger partial charge in [-0.05, 0) is 60.1 Å². The van der Waals surface area contributed by atoms with Crippen molar-refractivity contribution in [2.45, 2.75) is 47.5 Å². The van der Waals surface area contributed by atoms with E-state index >= 15 is 0 Å². The zero-order valence-electron chi connectivity index (χ0n) is 13.2. The highest BCUT2D eigenvalue weighted by atomic mass is 79.9. The van der Waals surface area contributed by atoms with Crippen molar-refractivity contribution in [1.82, 2.24) is 15.1 Å². The van der Waals surface area contributed by atoms with Crippen LogP contribution in [0.4, 0.5) is 0 Å². The average Bonchev–Trinajstić information content (AvgIpc) is 2.53. The second kappa shape index (κ2) is 6.89. The second-order valence-electron chi connectivity index (χ2n) is 6.44. The van der Waals surface area contributed by atoms with Crippen LogP contribution in [0.3, 0.4) is 0 Å². The van der Waals surface area contributed by atoms with Crippen LogP contribution < -0.4 is 5.32 Å². The van der Waals surface area contributed by atoms with Gasteiger partial charge in [0.15, 0.2) is 0 Å². The van der Waals surface area contributed by atoms with Crippen molar-refractivity contribution in [3.05, 3.63) is 15.9 Å². The minimum atomic E-state index is 0.290. The standard InChI is InChI=1S/C15H28BrN3/c1-7-8-17-10-12(15(3,4)5)9-13-14(16)11(2)18-19(13)6/h12,17H,7-10H2,1-6H3. The van der Waals surface area contributed by atoms with Gasteiger partial charge in [0, 0.05) is 7.05 Å². The second-order valence-corrected chi connectivity index (χ2v) is 7.23. The van der Waals surface area contributed by atoms with E-state index in [0.29, 0.717) is 11.3 Å². The Kier molecular flexibility index (Phi) is 6.06. The molecule has 0 aliphatic rings. The van der Waals surface area contributed by atoms with Crippen LogP contribution in [0.2, 0.25) is 0 Å². The van der Waals surface area contributed by atoms with Crippen molar-refractivity contribution in [2.24, 2.45) is 18.4 Å². The van der Waals surface area contributed by atoms with Crippen LogP contribution in [0.5, 0.6) is 0 Å². The van der Waals surface area contributed by atoms with Gasteiger partial charge in [-0.25, -0.2) is 0 Å². The van der Waals surface area contributed by atoms with Crippen molar-refractivity contribution < 1.29 is 0 Å². The molecule has 1 heterocycles. The van der Waals surface area contributed by atoms with Gasteiger partial charge < -0.3 is 5.32 Å². The first kappa shape index (κ1) is 16.7. The Balaban J connectivity index is 2.82. The maximum Gasteiger partial charge on any atom is 0.0738 e. The molecule has 1 aromatic heterocycles. The summed E-state index contributed by atoms with van der Waals surface area (Å²) in [5, 5.41) is 8.05. The van der Waals surface area contributed by atoms with E-state index in [2.05, 4.69) is 61.0 Å². The molecule has 0 bridgehead atoms. The molecular weight excluding hydrogens is 302 g/mol. The molecule has 1 atom stereocenters. The Hall–Kier alpha value is -0.350. The lowest BCUT2D eigenvalue weighted by atomic mass is 9.78. The molecule has 0 aliphatic heterocycles. The average molecular weight is 330 g/mol. The fourth-order valence-corrected chi connectivity index (χ4v) is 2.77. The maximum atomic E-state index is 4.49. The predicted molar refractivity (Wildman–Crippen MR) is 85.5 cm³/mol. The number of rotatable bonds is 6. The summed E-state index contributed by atoms with van der Waals surface area (Å²) in [6.07, 6.45) is 2.24. The number of halogens is 1. The normalized spacial score (nSPS) is 13.8. The van der Waals surface area contributed by atoms with Crippen LogP contribution in [0.15, 0.2) is 4.47 Å². The molecule has 0 aliphatic carbocycles. The molecule has 0 saturated carbocycles. The first-order valence-electron chi connectivity index (χ1n) is 7.16. The molecular formula is C15H28BrN3. The fraction of sp³-hybridized carbons (Fsp3) is 0.800. The molecule has 1 rings (SSSR count). The van der Waals surface area contributed by atoms with Crippen LogP contribution in [0.1, 0.15) is 45.5 Å². The van der Waals surface area contributed by atoms with E-state index in [9.17, 15) is 0 Å². The van der Waals surface area contributed by atoms with E-state index in [0.717, 1.165) is 25.2 Å². The monoisotopic (exact) mass is 329 g/mol. The summed E-state index contributed by atoms with van der Waals surface area (Å²) >= 11 is 3.67. The molecule has 19 heavy (non-hydrogen) atoms. The van der Waals surface area contributed by atoms with Crippen molar-refractivity contribution in [3.63, 3.8) is 0 Å². The molecule has 0 amide bonds. The lowest BCUT2D eigenvalue weighted by Crippen LogP contribution is -2.34. The largest absolute Gasteiger partial charge is 0.316 e. The predicted octanol–water partition coefficient (Wildman–Crippen LogP) is 3.70. The number of nitrogens with zero attached hydrogens (tertiary/aromatic N) is 2. The van der Waals surface area contributed by atoms with E-state index < -0.39 is 0 Å². The number of aryl methyl sites for hydroxylation is 2. The van der Waals surface area contributed by atoms with Gasteiger partial charge in [0.05, 0.1) is 15.9 Å². The van der Waals surface area contributed by atoms with Crippen LogP contribution in [0.25, 0.3) is 0 Å². The summed E-state index contributed by atoms with van der Waals surface area (Å²) < 4.78 is 3.18. The minimum absolute atomic E-state index is 0.290. The highest BCUT2D eigenvalue weighted by Crippen LogP contribution is 2.31. The van der Waals surface area contributed by atoms with Gasteiger partial charge in [0.2, 0.25) is 0 Å². The summed E-state index contributed by atoms with van der Waals surface area (Å²) in [4.78, 5) is 0. The molecule has 1 N–H and O–H groups in total. The van der Waals surface area contributed by atoms with Crippen molar-refractivity contribution >= 4 is 15.9 Å². The molecule has 0 saturated heterocycles. The first-order valence-corrected chi connectivity index (χ1v) is 7.95. The zero-order valence-corrected chi connectivity index (χ0v) is 14.8. The lowest BCUT2D eigenvalue weighted by molar-refractivity contribution is 0.227. The quantitative estimate of drug-likeness (QED) is 0.806. The summed E-state index contributed by atoms with van der Waals surface area (Å²) in [5.41, 5.74) is 2.67. The topological polar surface area (TPSA) is 29.9 Å². The van der Waals surface area contributed by atoms with E-state index in [1.54, 1.807) is 0 Å². The first-order chi connectivity index (χ1) is 8.77. The van der Waals surface area contributed by atoms with Gasteiger partial charge in [-0.1, -0.05) is 27.7 Å². The van der Waals surface area contributed by atoms with Gasteiger partial charge in [-0.3, -0.25) is 4.68 Å². The van der Waals surface area contributed by atoms with Crippen LogP contribution in [-0.4, -0.2) is 22.9 Å². The van der Waals surface area contributed by atoms with Gasteiger partial charge in [-0.15, -0.1) is 0 Å². The van der Waals surface area contributed by atoms with Crippen molar-refractivity contribution in [2.75, 3.05) is 13.1 Å². The van der Waals surface area contributed by atoms with E-state index in [1.807, 2.05) is 11.7 Å². The Bertz CT molecular complexity index is 404. The molecule has 0 fully saturated rings. The number of nitrogens with one attached hydrogen (secondary N) is 1. The van der Waals surface area contributed by atoms with Gasteiger partial charge in [0.1, 0.15) is 0 Å². The molecule has 1 unspecified atom stereocenters. The SMILES string of the molecule is CCCNCC(Cc1c(Br)c(C)nn1C)C(C)(C)C. The van der Waals surface area contributed by atoms with Crippen molar-refractivity contribution in [1.29, 1.82) is 0 Å². The summed E-state index contributed by atoms with van der Waals surface area (Å²) in [6.45, 7) is 13.4. The summed E-state index contributed by atoms with van der Waals surface area (Å²) in [6, 6.07) is 0. The third-order valence-corrected chi connectivity index (χ3v) is 4.78. The number of hydrogen-bond acceptors (Lipinski definition) is 2. The highest BCUT2D eigenvalue weighted by Gasteiger charge is 2.26. The molecule has 0 spiro atoms. The molecule has 110 valence electrons. The Morgan fingerprint density at radius 1 is 1.37 bits per heavy atom. The molecule has 0 radical (unpaired) electrons. The smallest absolute Gasteiger partial charge is 0.0738 e. The van der Waals surface area contributed by atoms with Gasteiger partial charge in [-0.2, -0.15) is 5.10 Å². The van der Waals surface area contributed by atoms with Crippen LogP contribution in [0, 0.1) is 18.3 Å². The van der Waals surface area contributed by atoms with E-state index in [1.165, 1.54) is 16.6 Å². The summed E-state index contributed by atoms with van der Waals surface area (Å²) in [7, 11) is 2.03. The Morgan fingerprint density at radius 2 is 2.00 bits per heavy atom. The third-order valence-electron chi connectivity index (χ3n) is 3.74. The van der Waals surface area contributed by atoms with Crippen LogP contribution in [-0.2, 0) is 13.5 Å². The maximum absolute atomic E-state index is 4.49. The minimum Gasteiger partial charge on any atom is -0.316 e.